The number of rotatable bonds is 3. The van der Waals surface area contributed by atoms with E-state index in [9.17, 15) is 4.79 Å². The first-order chi connectivity index (χ1) is 9.32. The summed E-state index contributed by atoms with van der Waals surface area (Å²) < 4.78 is 11.0. The minimum Gasteiger partial charge on any atom is -0.490 e. The summed E-state index contributed by atoms with van der Waals surface area (Å²) in [5.74, 6) is 0.885. The summed E-state index contributed by atoms with van der Waals surface area (Å²) in [6.45, 7) is 7.62. The summed E-state index contributed by atoms with van der Waals surface area (Å²) in [6.07, 6.45) is 1.48. The summed E-state index contributed by atoms with van der Waals surface area (Å²) in [7, 11) is 0. The van der Waals surface area contributed by atoms with Gasteiger partial charge in [-0.15, -0.1) is 0 Å². The topological polar surface area (TPSA) is 47.6 Å². The molecule has 2 rings (SSSR count). The standard InChI is InChI=1S/C16H23NO3/c1-11-5-7-13(8-6-11)19-14-9-12(10-14)17-15(18)20-16(2,3)4/h5-8,12,14H,9-10H2,1-4H3,(H,17,18)/t12-,14-. The van der Waals surface area contributed by atoms with E-state index in [1.165, 1.54) is 5.56 Å². The predicted octanol–water partition coefficient (Wildman–Crippen LogP) is 3.43. The molecule has 0 spiro atoms. The van der Waals surface area contributed by atoms with Crippen molar-refractivity contribution < 1.29 is 14.3 Å². The second kappa shape index (κ2) is 5.73. The molecule has 1 aromatic carbocycles. The van der Waals surface area contributed by atoms with Crippen LogP contribution < -0.4 is 10.1 Å². The highest BCUT2D eigenvalue weighted by atomic mass is 16.6. The second-order valence-corrected chi connectivity index (χ2v) is 6.37. The van der Waals surface area contributed by atoms with Crippen LogP contribution in [0, 0.1) is 6.92 Å². The van der Waals surface area contributed by atoms with E-state index < -0.39 is 5.60 Å². The highest BCUT2D eigenvalue weighted by Gasteiger charge is 2.33. The van der Waals surface area contributed by atoms with Crippen LogP contribution in [-0.4, -0.2) is 23.8 Å². The third-order valence-corrected chi connectivity index (χ3v) is 3.14. The van der Waals surface area contributed by atoms with Gasteiger partial charge in [0.25, 0.3) is 0 Å². The van der Waals surface area contributed by atoms with E-state index in [1.807, 2.05) is 52.0 Å². The van der Waals surface area contributed by atoms with Gasteiger partial charge < -0.3 is 14.8 Å². The summed E-state index contributed by atoms with van der Waals surface area (Å²) in [5, 5.41) is 2.86. The molecule has 0 atom stereocenters. The number of hydrogen-bond acceptors (Lipinski definition) is 3. The van der Waals surface area contributed by atoms with E-state index in [0.29, 0.717) is 0 Å². The van der Waals surface area contributed by atoms with Crippen molar-refractivity contribution in [2.45, 2.75) is 58.3 Å². The third-order valence-electron chi connectivity index (χ3n) is 3.14. The van der Waals surface area contributed by atoms with Gasteiger partial charge in [-0.3, -0.25) is 0 Å². The number of ether oxygens (including phenoxy) is 2. The van der Waals surface area contributed by atoms with Gasteiger partial charge in [0.15, 0.2) is 0 Å². The minimum absolute atomic E-state index is 0.153. The molecule has 1 N–H and O–H groups in total. The fourth-order valence-electron chi connectivity index (χ4n) is 2.06. The number of carbonyl (C=O) groups is 1. The Morgan fingerprint density at radius 3 is 2.35 bits per heavy atom. The van der Waals surface area contributed by atoms with Crippen LogP contribution in [0.5, 0.6) is 5.75 Å². The van der Waals surface area contributed by atoms with Gasteiger partial charge in [0.1, 0.15) is 17.5 Å². The Hall–Kier alpha value is -1.71. The molecule has 1 fully saturated rings. The lowest BCUT2D eigenvalue weighted by Crippen LogP contribution is -2.50. The lowest BCUT2D eigenvalue weighted by Gasteiger charge is -2.36. The first kappa shape index (κ1) is 14.7. The molecule has 1 aliphatic rings. The van der Waals surface area contributed by atoms with Crippen molar-refractivity contribution in [3.63, 3.8) is 0 Å². The van der Waals surface area contributed by atoms with E-state index >= 15 is 0 Å². The average Bonchev–Trinajstić information content (AvgIpc) is 2.26. The van der Waals surface area contributed by atoms with Crippen molar-refractivity contribution >= 4 is 6.09 Å². The van der Waals surface area contributed by atoms with Crippen LogP contribution in [-0.2, 0) is 4.74 Å². The number of alkyl carbamates (subject to hydrolysis) is 1. The van der Waals surface area contributed by atoms with Crippen molar-refractivity contribution in [2.75, 3.05) is 0 Å². The molecule has 0 aromatic heterocycles. The van der Waals surface area contributed by atoms with Crippen molar-refractivity contribution in [1.29, 1.82) is 0 Å². The molecule has 1 aliphatic carbocycles. The number of aryl methyl sites for hydroxylation is 1. The van der Waals surface area contributed by atoms with E-state index in [4.69, 9.17) is 9.47 Å². The summed E-state index contributed by atoms with van der Waals surface area (Å²) in [5.41, 5.74) is 0.765. The maximum atomic E-state index is 11.6. The highest BCUT2D eigenvalue weighted by molar-refractivity contribution is 5.68. The first-order valence-electron chi connectivity index (χ1n) is 7.05. The molecule has 20 heavy (non-hydrogen) atoms. The Morgan fingerprint density at radius 2 is 1.80 bits per heavy atom. The lowest BCUT2D eigenvalue weighted by molar-refractivity contribution is 0.0363. The zero-order valence-corrected chi connectivity index (χ0v) is 12.6. The molecular weight excluding hydrogens is 254 g/mol. The molecule has 0 heterocycles. The summed E-state index contributed by atoms with van der Waals surface area (Å²) in [4.78, 5) is 11.6. The van der Waals surface area contributed by atoms with Gasteiger partial charge in [0.2, 0.25) is 0 Å². The molecule has 0 radical (unpaired) electrons. The maximum Gasteiger partial charge on any atom is 0.407 e. The zero-order valence-electron chi connectivity index (χ0n) is 12.6. The Balaban J connectivity index is 1.70. The number of benzene rings is 1. The van der Waals surface area contributed by atoms with Gasteiger partial charge in [-0.05, 0) is 39.8 Å². The molecule has 110 valence electrons. The monoisotopic (exact) mass is 277 g/mol. The van der Waals surface area contributed by atoms with Gasteiger partial charge in [-0.1, -0.05) is 17.7 Å². The van der Waals surface area contributed by atoms with Gasteiger partial charge in [0, 0.05) is 18.9 Å². The molecule has 0 unspecified atom stereocenters. The van der Waals surface area contributed by atoms with Crippen molar-refractivity contribution in [3.8, 4) is 5.75 Å². The Kier molecular flexibility index (Phi) is 4.21. The van der Waals surface area contributed by atoms with Crippen LogP contribution in [0.3, 0.4) is 0 Å². The van der Waals surface area contributed by atoms with Crippen LogP contribution >= 0.6 is 0 Å². The number of hydrogen-bond donors (Lipinski definition) is 1. The molecule has 0 aliphatic heterocycles. The quantitative estimate of drug-likeness (QED) is 0.920. The van der Waals surface area contributed by atoms with E-state index in [1.54, 1.807) is 0 Å². The lowest BCUT2D eigenvalue weighted by atomic mass is 9.89. The second-order valence-electron chi connectivity index (χ2n) is 6.37. The first-order valence-corrected chi connectivity index (χ1v) is 7.05. The molecule has 1 aromatic rings. The predicted molar refractivity (Wildman–Crippen MR) is 78.0 cm³/mol. The molecular formula is C16H23NO3. The summed E-state index contributed by atoms with van der Waals surface area (Å²) >= 11 is 0. The van der Waals surface area contributed by atoms with Crippen LogP contribution in [0.15, 0.2) is 24.3 Å². The average molecular weight is 277 g/mol. The molecule has 1 saturated carbocycles. The number of nitrogens with one attached hydrogen (secondary N) is 1. The van der Waals surface area contributed by atoms with Crippen molar-refractivity contribution in [2.24, 2.45) is 0 Å². The van der Waals surface area contributed by atoms with Crippen molar-refractivity contribution in [1.82, 2.24) is 5.32 Å². The fourth-order valence-corrected chi connectivity index (χ4v) is 2.06. The minimum atomic E-state index is -0.453. The smallest absolute Gasteiger partial charge is 0.407 e. The molecule has 0 bridgehead atoms. The SMILES string of the molecule is Cc1ccc(O[C@H]2C[C@H](NC(=O)OC(C)(C)C)C2)cc1. The molecule has 0 saturated heterocycles. The van der Waals surface area contributed by atoms with E-state index in [-0.39, 0.29) is 18.2 Å². The van der Waals surface area contributed by atoms with E-state index in [2.05, 4.69) is 5.32 Å². The Morgan fingerprint density at radius 1 is 1.20 bits per heavy atom. The number of amides is 1. The van der Waals surface area contributed by atoms with Gasteiger partial charge in [-0.2, -0.15) is 0 Å². The maximum absolute atomic E-state index is 11.6. The van der Waals surface area contributed by atoms with Crippen LogP contribution in [0.4, 0.5) is 4.79 Å². The third kappa shape index (κ3) is 4.44. The number of carbonyl (C=O) groups excluding carboxylic acids is 1. The summed E-state index contributed by atoms with van der Waals surface area (Å²) in [6, 6.07) is 8.17. The highest BCUT2D eigenvalue weighted by Crippen LogP contribution is 2.26. The largest absolute Gasteiger partial charge is 0.490 e. The Bertz CT molecular complexity index is 456. The zero-order chi connectivity index (χ0) is 14.8. The fraction of sp³-hybridized carbons (Fsp3) is 0.562. The van der Waals surface area contributed by atoms with Gasteiger partial charge >= 0.3 is 6.09 Å². The normalized spacial score (nSPS) is 21.8. The van der Waals surface area contributed by atoms with Crippen molar-refractivity contribution in [3.05, 3.63) is 29.8 Å². The van der Waals surface area contributed by atoms with Crippen LogP contribution in [0.2, 0.25) is 0 Å². The van der Waals surface area contributed by atoms with Gasteiger partial charge in [0.05, 0.1) is 0 Å². The molecule has 4 heteroatoms. The Labute approximate surface area is 120 Å². The van der Waals surface area contributed by atoms with Gasteiger partial charge in [-0.25, -0.2) is 4.79 Å². The van der Waals surface area contributed by atoms with Crippen LogP contribution in [0.1, 0.15) is 39.2 Å². The molecule has 4 nitrogen and oxygen atoms in total. The van der Waals surface area contributed by atoms with E-state index in [0.717, 1.165) is 18.6 Å². The molecule has 1 amide bonds. The van der Waals surface area contributed by atoms with Crippen LogP contribution in [0.25, 0.3) is 0 Å².